The van der Waals surface area contributed by atoms with Crippen molar-refractivity contribution >= 4 is 39.2 Å². The summed E-state index contributed by atoms with van der Waals surface area (Å²) in [5.74, 6) is 0.747. The minimum atomic E-state index is -0.363. The summed E-state index contributed by atoms with van der Waals surface area (Å²) in [4.78, 5) is 16.6. The molecule has 1 amide bonds. The van der Waals surface area contributed by atoms with E-state index in [2.05, 4.69) is 16.4 Å². The maximum absolute atomic E-state index is 12.1. The molecule has 22 heavy (non-hydrogen) atoms. The van der Waals surface area contributed by atoms with E-state index < -0.39 is 0 Å². The second-order valence-electron chi connectivity index (χ2n) is 5.74. The lowest BCUT2D eigenvalue weighted by molar-refractivity contribution is -0.123. The molecule has 0 atom stereocenters. The molecule has 0 radical (unpaired) electrons. The van der Waals surface area contributed by atoms with Gasteiger partial charge in [-0.3, -0.25) is 4.79 Å². The zero-order chi connectivity index (χ0) is 15.4. The average Bonchev–Trinajstić information content (AvgIpc) is 3.14. The number of hydrogen-bond acceptors (Lipinski definition) is 5. The van der Waals surface area contributed by atoms with E-state index in [1.165, 1.54) is 4.70 Å². The van der Waals surface area contributed by atoms with Crippen LogP contribution in [0.25, 0.3) is 10.2 Å². The van der Waals surface area contributed by atoms with E-state index in [9.17, 15) is 9.90 Å². The number of nitrogens with zero attached hydrogens (tertiary/aromatic N) is 1. The van der Waals surface area contributed by atoms with Crippen molar-refractivity contribution in [2.24, 2.45) is 0 Å². The van der Waals surface area contributed by atoms with Crippen molar-refractivity contribution in [3.05, 3.63) is 24.3 Å². The average molecular weight is 336 g/mol. The smallest absolute Gasteiger partial charge is 0.221 e. The van der Waals surface area contributed by atoms with Crippen LogP contribution in [-0.4, -0.2) is 33.9 Å². The van der Waals surface area contributed by atoms with Gasteiger partial charge in [0, 0.05) is 12.2 Å². The van der Waals surface area contributed by atoms with E-state index in [0.717, 1.165) is 35.5 Å². The molecule has 0 bridgehead atoms. The van der Waals surface area contributed by atoms with Gasteiger partial charge in [0.05, 0.1) is 22.4 Å². The monoisotopic (exact) mass is 336 g/mol. The number of thioether (sulfide) groups is 1. The summed E-state index contributed by atoms with van der Waals surface area (Å²) in [7, 11) is 0. The first-order chi connectivity index (χ1) is 10.7. The van der Waals surface area contributed by atoms with Gasteiger partial charge in [-0.25, -0.2) is 4.98 Å². The quantitative estimate of drug-likeness (QED) is 0.795. The summed E-state index contributed by atoms with van der Waals surface area (Å²) in [6.45, 7) is 0.0454. The number of nitrogens with one attached hydrogen (secondary N) is 1. The maximum atomic E-state index is 12.1. The second-order valence-corrected chi connectivity index (χ2v) is 8.11. The van der Waals surface area contributed by atoms with Crippen LogP contribution < -0.4 is 5.32 Å². The van der Waals surface area contributed by atoms with Crippen molar-refractivity contribution in [3.63, 3.8) is 0 Å². The van der Waals surface area contributed by atoms with Crippen LogP contribution in [0.4, 0.5) is 0 Å². The van der Waals surface area contributed by atoms with Gasteiger partial charge in [-0.2, -0.15) is 0 Å². The SMILES string of the molecule is O=C(CCSc1nc2ccccc2s1)NC1(CO)CCCC1. The summed E-state index contributed by atoms with van der Waals surface area (Å²) in [6, 6.07) is 8.07. The Hall–Kier alpha value is -1.11. The molecule has 1 fully saturated rings. The van der Waals surface area contributed by atoms with Crippen molar-refractivity contribution in [2.45, 2.75) is 42.0 Å². The number of amides is 1. The fraction of sp³-hybridized carbons (Fsp3) is 0.500. The third kappa shape index (κ3) is 3.62. The molecular formula is C16H20N2O2S2. The summed E-state index contributed by atoms with van der Waals surface area (Å²) in [5, 5.41) is 12.6. The van der Waals surface area contributed by atoms with E-state index in [-0.39, 0.29) is 18.1 Å². The highest BCUT2D eigenvalue weighted by Gasteiger charge is 2.34. The maximum Gasteiger partial charge on any atom is 0.221 e. The molecule has 0 unspecified atom stereocenters. The highest BCUT2D eigenvalue weighted by Crippen LogP contribution is 2.31. The Labute approximate surface area is 138 Å². The van der Waals surface area contributed by atoms with Gasteiger partial charge >= 0.3 is 0 Å². The number of rotatable bonds is 6. The van der Waals surface area contributed by atoms with Crippen LogP contribution in [-0.2, 0) is 4.79 Å². The van der Waals surface area contributed by atoms with Gasteiger partial charge in [0.15, 0.2) is 4.34 Å². The molecule has 1 aromatic carbocycles. The topological polar surface area (TPSA) is 62.2 Å². The molecule has 4 nitrogen and oxygen atoms in total. The molecule has 2 aromatic rings. The highest BCUT2D eigenvalue weighted by atomic mass is 32.2. The first-order valence-corrected chi connectivity index (χ1v) is 9.41. The molecule has 1 aromatic heterocycles. The molecular weight excluding hydrogens is 316 g/mol. The summed E-state index contributed by atoms with van der Waals surface area (Å²) in [6.07, 6.45) is 4.41. The van der Waals surface area contributed by atoms with Crippen molar-refractivity contribution in [3.8, 4) is 0 Å². The lowest BCUT2D eigenvalue weighted by Crippen LogP contribution is -2.49. The van der Waals surface area contributed by atoms with E-state index in [4.69, 9.17) is 0 Å². The summed E-state index contributed by atoms with van der Waals surface area (Å²) >= 11 is 3.29. The Kier molecular flexibility index (Phi) is 5.00. The predicted molar refractivity (Wildman–Crippen MR) is 91.4 cm³/mol. The zero-order valence-corrected chi connectivity index (χ0v) is 14.0. The molecule has 3 rings (SSSR count). The number of carbonyl (C=O) groups excluding carboxylic acids is 1. The Bertz CT molecular complexity index is 617. The number of thiazole rings is 1. The lowest BCUT2D eigenvalue weighted by atomic mass is 9.99. The van der Waals surface area contributed by atoms with Crippen LogP contribution in [0.5, 0.6) is 0 Å². The van der Waals surface area contributed by atoms with Crippen LogP contribution in [0.3, 0.4) is 0 Å². The molecule has 1 heterocycles. The minimum Gasteiger partial charge on any atom is -0.394 e. The van der Waals surface area contributed by atoms with Crippen molar-refractivity contribution in [2.75, 3.05) is 12.4 Å². The van der Waals surface area contributed by atoms with E-state index in [1.807, 2.05) is 18.2 Å². The molecule has 1 aliphatic carbocycles. The normalized spacial score (nSPS) is 17.0. The van der Waals surface area contributed by atoms with Crippen LogP contribution in [0.1, 0.15) is 32.1 Å². The Morgan fingerprint density at radius 3 is 2.86 bits per heavy atom. The Balaban J connectivity index is 1.49. The fourth-order valence-electron chi connectivity index (χ4n) is 2.88. The third-order valence-electron chi connectivity index (χ3n) is 4.10. The molecule has 1 aliphatic rings. The fourth-order valence-corrected chi connectivity index (χ4v) is 4.95. The van der Waals surface area contributed by atoms with Crippen LogP contribution in [0, 0.1) is 0 Å². The number of para-hydroxylation sites is 1. The van der Waals surface area contributed by atoms with E-state index >= 15 is 0 Å². The number of aliphatic hydroxyl groups excluding tert-OH is 1. The van der Waals surface area contributed by atoms with E-state index in [1.54, 1.807) is 23.1 Å². The van der Waals surface area contributed by atoms with Gasteiger partial charge in [0.1, 0.15) is 0 Å². The minimum absolute atomic E-state index is 0.0320. The number of aliphatic hydroxyl groups is 1. The third-order valence-corrected chi connectivity index (χ3v) is 6.28. The number of benzene rings is 1. The van der Waals surface area contributed by atoms with Crippen LogP contribution in [0.2, 0.25) is 0 Å². The second kappa shape index (κ2) is 6.98. The van der Waals surface area contributed by atoms with Gasteiger partial charge in [-0.05, 0) is 25.0 Å². The lowest BCUT2D eigenvalue weighted by Gasteiger charge is -2.27. The molecule has 1 saturated carbocycles. The van der Waals surface area contributed by atoms with E-state index in [0.29, 0.717) is 12.2 Å². The highest BCUT2D eigenvalue weighted by molar-refractivity contribution is 8.01. The summed E-state index contributed by atoms with van der Waals surface area (Å²) in [5.41, 5.74) is 0.655. The molecule has 0 aliphatic heterocycles. The van der Waals surface area contributed by atoms with Crippen LogP contribution >= 0.6 is 23.1 Å². The Morgan fingerprint density at radius 2 is 2.14 bits per heavy atom. The van der Waals surface area contributed by atoms with Gasteiger partial charge in [-0.1, -0.05) is 36.7 Å². The Morgan fingerprint density at radius 1 is 1.36 bits per heavy atom. The number of hydrogen-bond donors (Lipinski definition) is 2. The molecule has 0 saturated heterocycles. The van der Waals surface area contributed by atoms with Crippen molar-refractivity contribution in [1.29, 1.82) is 0 Å². The largest absolute Gasteiger partial charge is 0.394 e. The number of fused-ring (bicyclic) bond motifs is 1. The van der Waals surface area contributed by atoms with Crippen molar-refractivity contribution < 1.29 is 9.90 Å². The molecule has 2 N–H and O–H groups in total. The van der Waals surface area contributed by atoms with Crippen molar-refractivity contribution in [1.82, 2.24) is 10.3 Å². The van der Waals surface area contributed by atoms with Gasteiger partial charge in [0.25, 0.3) is 0 Å². The van der Waals surface area contributed by atoms with Gasteiger partial charge in [0.2, 0.25) is 5.91 Å². The first kappa shape index (κ1) is 15.8. The molecule has 118 valence electrons. The number of carbonyl (C=O) groups is 1. The number of aromatic nitrogens is 1. The van der Waals surface area contributed by atoms with Crippen LogP contribution in [0.15, 0.2) is 28.6 Å². The van der Waals surface area contributed by atoms with Gasteiger partial charge < -0.3 is 10.4 Å². The van der Waals surface area contributed by atoms with Gasteiger partial charge in [-0.15, -0.1) is 11.3 Å². The summed E-state index contributed by atoms with van der Waals surface area (Å²) < 4.78 is 2.19. The molecule has 6 heteroatoms. The first-order valence-electron chi connectivity index (χ1n) is 7.61. The molecule has 0 spiro atoms. The predicted octanol–water partition coefficient (Wildman–Crippen LogP) is 3.20. The zero-order valence-electron chi connectivity index (χ0n) is 12.4. The standard InChI is InChI=1S/C16H20N2O2S2/c19-11-16(8-3-4-9-16)18-14(20)7-10-21-15-17-12-5-1-2-6-13(12)22-15/h1-2,5-6,19H,3-4,7-11H2,(H,18,20).